The quantitative estimate of drug-likeness (QED) is 0.148. The Kier molecular flexibility index (Phi) is 10.2. The number of hydrogen-bond acceptors (Lipinski definition) is 14. The number of phenolic OH excluding ortho intramolecular Hbond substituents is 1. The van der Waals surface area contributed by atoms with Crippen LogP contribution in [0.25, 0.3) is 5.76 Å². The molecule has 3 aliphatic carbocycles. The average Bonchev–Trinajstić information content (AvgIpc) is 3.38. The largest absolute Gasteiger partial charge is 0.508 e. The minimum atomic E-state index is -2.79. The van der Waals surface area contributed by atoms with Crippen molar-refractivity contribution in [3.8, 4) is 5.75 Å². The minimum absolute atomic E-state index is 0.0589. The number of likely N-dealkylation sites (N-methyl/N-ethyl adjacent to an activating group) is 1. The molecule has 52 heavy (non-hydrogen) atoms. The van der Waals surface area contributed by atoms with Gasteiger partial charge in [0.1, 0.15) is 35.1 Å². The third-order valence-electron chi connectivity index (χ3n) is 9.91. The van der Waals surface area contributed by atoms with Gasteiger partial charge in [-0.05, 0) is 57.8 Å². The van der Waals surface area contributed by atoms with Crippen LogP contribution >= 0.6 is 0 Å². The number of hydrogen-bond donors (Lipinski definition) is 6. The Balaban J connectivity index is 1.49. The highest BCUT2D eigenvalue weighted by molar-refractivity contribution is 6.24. The van der Waals surface area contributed by atoms with Crippen molar-refractivity contribution in [3.63, 3.8) is 0 Å². The Hall–Kier alpha value is -5.29. The standard InChI is InChI=1S/C35H45N5O12/c1-8-9-40(34(48)50-14-22-15(2)51-16(3)52-22)13-23(41)37-20-12-21(38(4)5)18-10-17-11-19-27(39(6)7)30(44)26(33(36)47)32(46)35(19,49)31(45)24(17)29(43)25(18)28(20)42/h12,16-17,19,27,42-43,46,49H,8-11,13-14H2,1-7H3,(H2,36,47)(H,37,41)/t16?,17?,19?,27-,35-/m0/s1. The molecule has 7 N–H and O–H groups in total. The van der Waals surface area contributed by atoms with Crippen LogP contribution in [-0.4, -0.2) is 126 Å². The average molecular weight is 728 g/mol. The summed E-state index contributed by atoms with van der Waals surface area (Å²) in [4.78, 5) is 70.4. The summed E-state index contributed by atoms with van der Waals surface area (Å²) in [6.07, 6.45) is -0.829. The van der Waals surface area contributed by atoms with E-state index >= 15 is 0 Å². The number of carbonyl (C=O) groups excluding carboxylic acids is 5. The van der Waals surface area contributed by atoms with E-state index in [0.717, 1.165) is 0 Å². The van der Waals surface area contributed by atoms with Gasteiger partial charge in [-0.25, -0.2) is 4.79 Å². The maximum atomic E-state index is 14.2. The molecule has 1 heterocycles. The van der Waals surface area contributed by atoms with E-state index in [-0.39, 0.29) is 42.8 Å². The van der Waals surface area contributed by atoms with Crippen molar-refractivity contribution < 1.29 is 58.6 Å². The molecular weight excluding hydrogens is 682 g/mol. The SMILES string of the molecule is CCCN(CC(=O)Nc1cc(N(C)C)c2c(c1O)C(O)=C1C(=O)[C@]3(O)C(O)=C(C(N)=O)C(=O)[C@@H](N(C)C)C3CC1C2)C(=O)OCC1=C(C)OC(C)O1. The number of allylic oxidation sites excluding steroid dienone is 1. The number of phenols is 1. The first-order valence-electron chi connectivity index (χ1n) is 16.8. The van der Waals surface area contributed by atoms with Gasteiger partial charge in [-0.3, -0.25) is 29.0 Å². The second-order valence-electron chi connectivity index (χ2n) is 13.8. The lowest BCUT2D eigenvalue weighted by Gasteiger charge is -2.50. The van der Waals surface area contributed by atoms with E-state index in [2.05, 4.69) is 5.32 Å². The lowest BCUT2D eigenvalue weighted by atomic mass is 9.57. The van der Waals surface area contributed by atoms with E-state index in [1.54, 1.807) is 32.8 Å². The Morgan fingerprint density at radius 3 is 2.35 bits per heavy atom. The highest BCUT2D eigenvalue weighted by atomic mass is 16.7. The van der Waals surface area contributed by atoms with Crippen molar-refractivity contribution in [1.29, 1.82) is 0 Å². The summed E-state index contributed by atoms with van der Waals surface area (Å²) in [6.45, 7) is 4.66. The van der Waals surface area contributed by atoms with Gasteiger partial charge in [0, 0.05) is 44.7 Å². The van der Waals surface area contributed by atoms with Crippen LogP contribution in [0.4, 0.5) is 16.2 Å². The first-order chi connectivity index (χ1) is 24.3. The number of anilines is 2. The molecule has 1 aromatic carbocycles. The minimum Gasteiger partial charge on any atom is -0.508 e. The predicted molar refractivity (Wildman–Crippen MR) is 185 cm³/mol. The first kappa shape index (κ1) is 38.0. The maximum Gasteiger partial charge on any atom is 0.410 e. The summed E-state index contributed by atoms with van der Waals surface area (Å²) in [5.41, 5.74) is 1.90. The van der Waals surface area contributed by atoms with E-state index in [1.807, 2.05) is 6.92 Å². The fraction of sp³-hybridized carbons (Fsp3) is 0.514. The number of aliphatic hydroxyl groups excluding tert-OH is 2. The maximum absolute atomic E-state index is 14.2. The van der Waals surface area contributed by atoms with Crippen LogP contribution in [0.15, 0.2) is 34.5 Å². The van der Waals surface area contributed by atoms with Crippen molar-refractivity contribution in [2.75, 3.05) is 58.1 Å². The molecule has 5 rings (SSSR count). The number of amides is 3. The van der Waals surface area contributed by atoms with Crippen molar-refractivity contribution in [2.24, 2.45) is 17.6 Å². The van der Waals surface area contributed by atoms with Crippen LogP contribution in [0.2, 0.25) is 0 Å². The van der Waals surface area contributed by atoms with Crippen molar-refractivity contribution >= 4 is 46.6 Å². The molecule has 1 aromatic rings. The van der Waals surface area contributed by atoms with Crippen molar-refractivity contribution in [3.05, 3.63) is 45.6 Å². The molecule has 0 radical (unpaired) electrons. The topological polar surface area (TPSA) is 242 Å². The second kappa shape index (κ2) is 14.0. The molecule has 282 valence electrons. The molecule has 0 bridgehead atoms. The Morgan fingerprint density at radius 2 is 1.79 bits per heavy atom. The monoisotopic (exact) mass is 727 g/mol. The van der Waals surface area contributed by atoms with Crippen LogP contribution in [0.3, 0.4) is 0 Å². The fourth-order valence-corrected chi connectivity index (χ4v) is 7.63. The normalized spacial score (nSPS) is 25.2. The number of Topliss-reactive ketones (excluding diaryl/α,β-unsaturated/α-hetero) is 2. The summed E-state index contributed by atoms with van der Waals surface area (Å²) in [6, 6.07) is 0.276. The molecule has 0 saturated heterocycles. The fourth-order valence-electron chi connectivity index (χ4n) is 7.63. The van der Waals surface area contributed by atoms with E-state index in [9.17, 15) is 44.4 Å². The molecule has 17 nitrogen and oxygen atoms in total. The predicted octanol–water partition coefficient (Wildman–Crippen LogP) is 1.44. The summed E-state index contributed by atoms with van der Waals surface area (Å²) in [5, 5.41) is 48.8. The second-order valence-corrected chi connectivity index (χ2v) is 13.8. The summed E-state index contributed by atoms with van der Waals surface area (Å²) in [5.74, 6) is -7.71. The molecular formula is C35H45N5O12. The van der Waals surface area contributed by atoms with Crippen LogP contribution < -0.4 is 16.0 Å². The molecule has 1 fully saturated rings. The summed E-state index contributed by atoms with van der Waals surface area (Å²) in [7, 11) is 6.45. The number of benzene rings is 1. The van der Waals surface area contributed by atoms with Gasteiger partial charge in [0.15, 0.2) is 23.8 Å². The molecule has 3 amide bonds. The number of ketones is 2. The smallest absolute Gasteiger partial charge is 0.410 e. The van der Waals surface area contributed by atoms with Crippen LogP contribution in [0.1, 0.15) is 44.7 Å². The van der Waals surface area contributed by atoms with Crippen molar-refractivity contribution in [1.82, 2.24) is 9.80 Å². The number of aromatic hydroxyl groups is 1. The molecule has 0 aromatic heterocycles. The zero-order chi connectivity index (χ0) is 38.6. The van der Waals surface area contributed by atoms with E-state index in [0.29, 0.717) is 29.2 Å². The zero-order valence-corrected chi connectivity index (χ0v) is 30.1. The number of nitrogens with one attached hydrogen (secondary N) is 1. The molecule has 1 aliphatic heterocycles. The van der Waals surface area contributed by atoms with Gasteiger partial charge in [0.2, 0.25) is 18.0 Å². The van der Waals surface area contributed by atoms with Crippen molar-refractivity contribution in [2.45, 2.75) is 58.0 Å². The van der Waals surface area contributed by atoms with E-state index < -0.39 is 88.6 Å². The number of aliphatic hydroxyl groups is 3. The van der Waals surface area contributed by atoms with Gasteiger partial charge in [0.05, 0.1) is 17.3 Å². The van der Waals surface area contributed by atoms with Gasteiger partial charge >= 0.3 is 6.09 Å². The summed E-state index contributed by atoms with van der Waals surface area (Å²) < 4.78 is 16.2. The van der Waals surface area contributed by atoms with Gasteiger partial charge in [0.25, 0.3) is 5.91 Å². The third-order valence-corrected chi connectivity index (χ3v) is 9.91. The van der Waals surface area contributed by atoms with Gasteiger partial charge in [-0.2, -0.15) is 0 Å². The molecule has 1 saturated carbocycles. The lowest BCUT2D eigenvalue weighted by Crippen LogP contribution is -2.65. The first-order valence-corrected chi connectivity index (χ1v) is 16.8. The lowest BCUT2D eigenvalue weighted by molar-refractivity contribution is -0.153. The van der Waals surface area contributed by atoms with Crippen LogP contribution in [0.5, 0.6) is 5.75 Å². The molecule has 5 atom stereocenters. The number of carbonyl (C=O) groups is 5. The molecule has 17 heteroatoms. The number of primary amides is 1. The molecule has 4 aliphatic rings. The highest BCUT2D eigenvalue weighted by Gasteiger charge is 2.64. The Morgan fingerprint density at radius 1 is 1.12 bits per heavy atom. The van der Waals surface area contributed by atoms with Crippen LogP contribution in [-0.2, 0) is 39.8 Å². The Labute approximate surface area is 299 Å². The van der Waals surface area contributed by atoms with Gasteiger partial charge in [-0.1, -0.05) is 6.92 Å². The van der Waals surface area contributed by atoms with Gasteiger partial charge in [-0.15, -0.1) is 0 Å². The Bertz CT molecular complexity index is 1830. The highest BCUT2D eigenvalue weighted by Crippen LogP contribution is 2.54. The number of nitrogens with two attached hydrogens (primary N) is 1. The number of fused-ring (bicyclic) bond motifs is 3. The zero-order valence-electron chi connectivity index (χ0n) is 30.1. The van der Waals surface area contributed by atoms with Crippen LogP contribution in [0, 0.1) is 11.8 Å². The molecule has 3 unspecified atom stereocenters. The number of rotatable bonds is 10. The molecule has 0 spiro atoms. The number of nitrogens with zero attached hydrogens (tertiary/aromatic N) is 3. The summed E-state index contributed by atoms with van der Waals surface area (Å²) >= 11 is 0. The van der Waals surface area contributed by atoms with E-state index in [1.165, 1.54) is 30.0 Å². The van der Waals surface area contributed by atoms with Gasteiger partial charge < -0.3 is 50.6 Å². The third kappa shape index (κ3) is 6.27. The van der Waals surface area contributed by atoms with E-state index in [4.69, 9.17) is 19.9 Å². The number of ether oxygens (including phenoxy) is 3.